The van der Waals surface area contributed by atoms with E-state index >= 15 is 0 Å². The molecule has 1 N–H and O–H groups in total. The Hall–Kier alpha value is -5.95. The maximum Gasteiger partial charge on any atom is 0.340 e. The molecular weight excluding hydrogens is 818 g/mol. The van der Waals surface area contributed by atoms with Gasteiger partial charge in [0.25, 0.3) is 0 Å². The summed E-state index contributed by atoms with van der Waals surface area (Å²) >= 11 is 0. The Morgan fingerprint density at radius 3 is 1.90 bits per heavy atom. The van der Waals surface area contributed by atoms with Crippen LogP contribution in [0.4, 0.5) is 0 Å². The van der Waals surface area contributed by atoms with E-state index in [0.717, 1.165) is 41.5 Å². The minimum Gasteiger partial charge on any atom is -0.465 e. The summed E-state index contributed by atoms with van der Waals surface area (Å²) in [5, 5.41) is 13.7. The Morgan fingerprint density at radius 2 is 1.32 bits per heavy atom. The van der Waals surface area contributed by atoms with E-state index < -0.39 is 138 Å². The number of hydrogen-bond donors (Lipinski definition) is 1. The van der Waals surface area contributed by atoms with Gasteiger partial charge in [-0.15, -0.1) is 0 Å². The SMILES string of the molecule is CC(=O)OC[C@]12[C@@H](OC(C)=O)[C@H](OC(C)=O)[C@@H]3[C@@H](OC(C)=O)[C@@]14O[C@@]3(C)COC(=O)c1cccnc1[C@@H](C)[C@H](C)C(=O)O[C@H]([C@H](OC(=O)c1ccccc1)[C@@H]2OC(C)=O)[C@]4(C)O. The van der Waals surface area contributed by atoms with Gasteiger partial charge in [-0.25, -0.2) is 9.59 Å². The summed E-state index contributed by atoms with van der Waals surface area (Å²) in [6, 6.07) is 10.3. The third-order valence-corrected chi connectivity index (χ3v) is 12.4. The summed E-state index contributed by atoms with van der Waals surface area (Å²) < 4.78 is 55.4. The van der Waals surface area contributed by atoms with Crippen molar-refractivity contribution in [1.29, 1.82) is 0 Å². The quantitative estimate of drug-likeness (QED) is 0.295. The molecule has 0 radical (unpaired) electrons. The van der Waals surface area contributed by atoms with Gasteiger partial charge in [0.15, 0.2) is 30.0 Å². The summed E-state index contributed by atoms with van der Waals surface area (Å²) in [6.07, 6.45) is -10.8. The van der Waals surface area contributed by atoms with Crippen molar-refractivity contribution in [1.82, 2.24) is 4.98 Å². The number of hydrogen-bond acceptors (Lipinski definition) is 19. The fraction of sp³-hybridized carbons (Fsp3) is 0.558. The molecule has 1 saturated heterocycles. The normalized spacial score (nSPS) is 36.0. The van der Waals surface area contributed by atoms with Crippen LogP contribution in [0.2, 0.25) is 0 Å². The van der Waals surface area contributed by atoms with Gasteiger partial charge in [-0.3, -0.25) is 33.8 Å². The second-order valence-corrected chi connectivity index (χ2v) is 16.5. The average Bonchev–Trinajstić information content (AvgIpc) is 3.42. The van der Waals surface area contributed by atoms with Crippen molar-refractivity contribution >= 4 is 47.8 Å². The molecular formula is C43H49NO18. The van der Waals surface area contributed by atoms with Crippen molar-refractivity contribution in [2.24, 2.45) is 17.3 Å². The zero-order valence-electron chi connectivity index (χ0n) is 35.6. The number of carbonyl (C=O) groups excluding carboxylic acids is 8. The van der Waals surface area contributed by atoms with Crippen LogP contribution in [0, 0.1) is 17.3 Å². The molecule has 1 spiro atoms. The maximum atomic E-state index is 14.6. The molecule has 1 aromatic carbocycles. The number of aromatic nitrogens is 1. The number of pyridine rings is 1. The fourth-order valence-electron chi connectivity index (χ4n) is 9.82. The van der Waals surface area contributed by atoms with Gasteiger partial charge < -0.3 is 47.7 Å². The Labute approximate surface area is 355 Å². The van der Waals surface area contributed by atoms with E-state index in [1.54, 1.807) is 13.0 Å². The molecule has 4 aliphatic rings. The largest absolute Gasteiger partial charge is 0.465 e. The molecule has 0 unspecified atom stereocenters. The van der Waals surface area contributed by atoms with Crippen molar-refractivity contribution in [2.45, 2.75) is 122 Å². The van der Waals surface area contributed by atoms with Crippen LogP contribution in [0.1, 0.15) is 94.6 Å². The molecule has 0 amide bonds. The highest BCUT2D eigenvalue weighted by atomic mass is 16.7. The monoisotopic (exact) mass is 867 g/mol. The number of nitrogens with zero attached hydrogens (tertiary/aromatic N) is 1. The van der Waals surface area contributed by atoms with Gasteiger partial charge in [0.2, 0.25) is 0 Å². The Bertz CT molecular complexity index is 2160. The minimum absolute atomic E-state index is 0.0497. The topological polar surface area (TPSA) is 253 Å². The fourth-order valence-corrected chi connectivity index (χ4v) is 9.82. The van der Waals surface area contributed by atoms with Crippen LogP contribution in [0.3, 0.4) is 0 Å². The number of fused-ring (bicyclic) bond motifs is 5. The van der Waals surface area contributed by atoms with Crippen LogP contribution in [0.15, 0.2) is 48.7 Å². The van der Waals surface area contributed by atoms with Crippen LogP contribution in [-0.2, 0) is 71.4 Å². The van der Waals surface area contributed by atoms with Crippen molar-refractivity contribution in [2.75, 3.05) is 13.2 Å². The van der Waals surface area contributed by atoms with E-state index in [9.17, 15) is 43.5 Å². The van der Waals surface area contributed by atoms with Crippen molar-refractivity contribution in [3.05, 3.63) is 65.5 Å². The van der Waals surface area contributed by atoms with Crippen LogP contribution in [0.25, 0.3) is 0 Å². The molecule has 4 bridgehead atoms. The maximum absolute atomic E-state index is 14.6. The van der Waals surface area contributed by atoms with E-state index in [0.29, 0.717) is 0 Å². The molecule has 6 rings (SSSR count). The first-order valence-electron chi connectivity index (χ1n) is 19.9. The van der Waals surface area contributed by atoms with E-state index in [1.807, 2.05) is 0 Å². The summed E-state index contributed by atoms with van der Waals surface area (Å²) in [7, 11) is 0. The van der Waals surface area contributed by atoms with Gasteiger partial charge in [-0.1, -0.05) is 32.0 Å². The first kappa shape index (κ1) is 45.6. The van der Waals surface area contributed by atoms with Crippen molar-refractivity contribution < 1.29 is 86.1 Å². The van der Waals surface area contributed by atoms with Gasteiger partial charge >= 0.3 is 47.8 Å². The Balaban J connectivity index is 1.80. The van der Waals surface area contributed by atoms with Gasteiger partial charge in [0.1, 0.15) is 42.0 Å². The lowest BCUT2D eigenvalue weighted by Gasteiger charge is -2.67. The van der Waals surface area contributed by atoms with E-state index in [-0.39, 0.29) is 16.8 Å². The third kappa shape index (κ3) is 7.43. The van der Waals surface area contributed by atoms with Crippen molar-refractivity contribution in [3.63, 3.8) is 0 Å². The first-order chi connectivity index (χ1) is 29.0. The van der Waals surface area contributed by atoms with Gasteiger partial charge in [-0.05, 0) is 38.1 Å². The molecule has 19 nitrogen and oxygen atoms in total. The van der Waals surface area contributed by atoms with E-state index in [1.165, 1.54) is 56.4 Å². The van der Waals surface area contributed by atoms with Gasteiger partial charge in [-0.2, -0.15) is 0 Å². The van der Waals surface area contributed by atoms with Crippen LogP contribution < -0.4 is 0 Å². The van der Waals surface area contributed by atoms with Crippen LogP contribution in [-0.4, -0.2) is 124 Å². The lowest BCUT2D eigenvalue weighted by Crippen LogP contribution is -2.89. The lowest BCUT2D eigenvalue weighted by molar-refractivity contribution is -0.386. The van der Waals surface area contributed by atoms with E-state index in [2.05, 4.69) is 4.98 Å². The van der Waals surface area contributed by atoms with Crippen LogP contribution in [0.5, 0.6) is 0 Å². The number of cyclic esters (lactones) is 1. The Kier molecular flexibility index (Phi) is 12.3. The van der Waals surface area contributed by atoms with Crippen LogP contribution >= 0.6 is 0 Å². The molecule has 3 fully saturated rings. The molecule has 3 heterocycles. The Morgan fingerprint density at radius 1 is 0.742 bits per heavy atom. The highest BCUT2D eigenvalue weighted by molar-refractivity contribution is 5.91. The minimum atomic E-state index is -2.87. The predicted octanol–water partition coefficient (Wildman–Crippen LogP) is 2.33. The summed E-state index contributed by atoms with van der Waals surface area (Å²) in [6.45, 7) is 8.69. The standard InChI is InChI=1S/C43H49NO18/c1-20-21(2)37(50)61-34-32(60-38(51)27-14-11-10-12-15-27)36(59-26(7)49)42(19-54-22(3)45)35(58-25(6)48)31(56-23(4)46)29-33(57-24(5)47)43(42,41(34,9)53)62-40(29,8)18-55-39(52)28-16-13-17-44-30(20)28/h10-17,20-21,29,31-36,53H,18-19H2,1-9H3/t20-,21-,29+,31+,32-,33+,34+,35-,36-,40-,41-,42+,43-/m0/s1. The number of carbonyl (C=O) groups is 8. The zero-order valence-corrected chi connectivity index (χ0v) is 35.6. The molecule has 1 aromatic heterocycles. The smallest absolute Gasteiger partial charge is 0.340 e. The number of benzene rings is 1. The zero-order chi connectivity index (χ0) is 45.7. The molecule has 2 aliphatic heterocycles. The average molecular weight is 868 g/mol. The molecule has 334 valence electrons. The highest BCUT2D eigenvalue weighted by Crippen LogP contribution is 2.70. The first-order valence-corrected chi connectivity index (χ1v) is 19.9. The number of esters is 8. The van der Waals surface area contributed by atoms with E-state index in [4.69, 9.17) is 42.6 Å². The second kappa shape index (κ2) is 16.7. The molecule has 13 atom stereocenters. The molecule has 2 saturated carbocycles. The summed E-state index contributed by atoms with van der Waals surface area (Å²) in [5.74, 6) is -11.8. The number of rotatable bonds is 8. The van der Waals surface area contributed by atoms with Gasteiger partial charge in [0, 0.05) is 46.7 Å². The second-order valence-electron chi connectivity index (χ2n) is 16.5. The van der Waals surface area contributed by atoms with Crippen molar-refractivity contribution in [3.8, 4) is 0 Å². The molecule has 19 heteroatoms. The highest BCUT2D eigenvalue weighted by Gasteiger charge is 2.92. The summed E-state index contributed by atoms with van der Waals surface area (Å²) in [4.78, 5) is 114. The molecule has 2 aliphatic carbocycles. The lowest BCUT2D eigenvalue weighted by atomic mass is 9.45. The number of aliphatic hydroxyl groups is 1. The molecule has 2 aromatic rings. The summed E-state index contributed by atoms with van der Waals surface area (Å²) in [5.41, 5.74) is -10.3. The van der Waals surface area contributed by atoms with Gasteiger partial charge in [0.05, 0.1) is 28.7 Å². The third-order valence-electron chi connectivity index (χ3n) is 12.4. The number of ether oxygens (including phenoxy) is 9. The predicted molar refractivity (Wildman–Crippen MR) is 205 cm³/mol. The molecule has 62 heavy (non-hydrogen) atoms.